The summed E-state index contributed by atoms with van der Waals surface area (Å²) in [5.41, 5.74) is 5.38. The highest BCUT2D eigenvalue weighted by molar-refractivity contribution is 6.36. The molecule has 0 aliphatic rings. The minimum Gasteiger partial charge on any atom is -0.423 e. The third-order valence-electron chi connectivity index (χ3n) is 5.87. The second kappa shape index (κ2) is 14.1. The molecule has 2 amide bonds. The molecule has 0 heterocycles. The molecule has 4 aromatic carbocycles. The summed E-state index contributed by atoms with van der Waals surface area (Å²) in [6.07, 6.45) is 2.99. The molecule has 0 aromatic heterocycles. The van der Waals surface area contributed by atoms with Gasteiger partial charge in [-0.25, -0.2) is 10.2 Å². The highest BCUT2D eigenvalue weighted by atomic mass is 35.5. The van der Waals surface area contributed by atoms with Gasteiger partial charge in [-0.05, 0) is 83.9 Å². The van der Waals surface area contributed by atoms with Gasteiger partial charge in [0, 0.05) is 30.4 Å². The lowest BCUT2D eigenvalue weighted by molar-refractivity contribution is -0.117. The van der Waals surface area contributed by atoms with E-state index in [1.807, 2.05) is 43.3 Å². The zero-order valence-corrected chi connectivity index (χ0v) is 24.2. The lowest BCUT2D eigenvalue weighted by Crippen LogP contribution is -2.32. The van der Waals surface area contributed by atoms with Crippen LogP contribution >= 0.6 is 23.2 Å². The van der Waals surface area contributed by atoms with E-state index in [1.165, 1.54) is 18.3 Å². The van der Waals surface area contributed by atoms with E-state index in [0.717, 1.165) is 5.69 Å². The fourth-order valence-electron chi connectivity index (χ4n) is 3.64. The molecule has 4 rings (SSSR count). The first-order valence-electron chi connectivity index (χ1n) is 12.7. The van der Waals surface area contributed by atoms with Crippen LogP contribution in [0.2, 0.25) is 10.0 Å². The summed E-state index contributed by atoms with van der Waals surface area (Å²) in [6, 6.07) is 27.0. The van der Waals surface area contributed by atoms with Gasteiger partial charge in [0.05, 0.1) is 16.8 Å². The zero-order valence-electron chi connectivity index (χ0n) is 22.7. The molecule has 0 spiro atoms. The Morgan fingerprint density at radius 2 is 1.50 bits per heavy atom. The van der Waals surface area contributed by atoms with Gasteiger partial charge in [-0.15, -0.1) is 0 Å². The van der Waals surface area contributed by atoms with Gasteiger partial charge in [0.25, 0.3) is 11.8 Å². The second-order valence-electron chi connectivity index (χ2n) is 9.15. The lowest BCUT2D eigenvalue weighted by atomic mass is 10.1. The minimum absolute atomic E-state index is 0.0155. The molecule has 8 nitrogen and oxygen atoms in total. The number of anilines is 1. The number of nitrogens with zero attached hydrogens (tertiary/aromatic N) is 2. The SMILES string of the molecule is CN(C)c1ccc(/C=C(\NC(=O)c2ccccc2)C(=O)N/N=C/c2ccc(OC(=O)c3ccc(Cl)cc3Cl)cc2)cc1. The topological polar surface area (TPSA) is 100 Å². The fraction of sp³-hybridized carbons (Fsp3) is 0.0625. The van der Waals surface area contributed by atoms with Gasteiger partial charge in [0.2, 0.25) is 0 Å². The number of amides is 2. The van der Waals surface area contributed by atoms with Crippen molar-refractivity contribution in [1.29, 1.82) is 0 Å². The van der Waals surface area contributed by atoms with Crippen LogP contribution in [0.5, 0.6) is 5.75 Å². The van der Waals surface area contributed by atoms with E-state index in [-0.39, 0.29) is 16.3 Å². The highest BCUT2D eigenvalue weighted by Gasteiger charge is 2.15. The Hall–Kier alpha value is -4.92. The Labute approximate surface area is 253 Å². The Morgan fingerprint density at radius 3 is 2.14 bits per heavy atom. The van der Waals surface area contributed by atoms with E-state index >= 15 is 0 Å². The molecule has 0 unspecified atom stereocenters. The quantitative estimate of drug-likeness (QED) is 0.0783. The first-order valence-corrected chi connectivity index (χ1v) is 13.4. The normalized spacial score (nSPS) is 11.2. The van der Waals surface area contributed by atoms with E-state index in [9.17, 15) is 14.4 Å². The summed E-state index contributed by atoms with van der Waals surface area (Å²) in [4.78, 5) is 40.2. The predicted molar refractivity (Wildman–Crippen MR) is 166 cm³/mol. The Morgan fingerprint density at radius 1 is 0.833 bits per heavy atom. The summed E-state index contributed by atoms with van der Waals surface area (Å²) in [5.74, 6) is -1.38. The number of esters is 1. The van der Waals surface area contributed by atoms with Gasteiger partial charge in [0.15, 0.2) is 0 Å². The second-order valence-corrected chi connectivity index (χ2v) is 9.99. The van der Waals surface area contributed by atoms with Crippen molar-refractivity contribution in [2.24, 2.45) is 5.10 Å². The number of rotatable bonds is 9. The van der Waals surface area contributed by atoms with E-state index in [2.05, 4.69) is 15.8 Å². The molecule has 0 saturated carbocycles. The van der Waals surface area contributed by atoms with Crippen LogP contribution in [0.25, 0.3) is 6.08 Å². The van der Waals surface area contributed by atoms with Gasteiger partial charge in [-0.1, -0.05) is 53.5 Å². The van der Waals surface area contributed by atoms with Gasteiger partial charge >= 0.3 is 5.97 Å². The number of hydrogen-bond donors (Lipinski definition) is 2. The first-order chi connectivity index (χ1) is 20.2. The molecule has 2 N–H and O–H groups in total. The van der Waals surface area contributed by atoms with Gasteiger partial charge in [0.1, 0.15) is 11.4 Å². The average Bonchev–Trinajstić information content (AvgIpc) is 2.98. The van der Waals surface area contributed by atoms with Crippen LogP contribution < -0.4 is 20.4 Å². The molecule has 0 bridgehead atoms. The van der Waals surface area contributed by atoms with Crippen molar-refractivity contribution >= 4 is 59.0 Å². The van der Waals surface area contributed by atoms with Crippen molar-refractivity contribution in [2.45, 2.75) is 0 Å². The molecule has 0 saturated heterocycles. The molecule has 0 aliphatic carbocycles. The number of carbonyl (C=O) groups excluding carboxylic acids is 3. The molecule has 0 atom stereocenters. The van der Waals surface area contributed by atoms with Crippen molar-refractivity contribution in [1.82, 2.24) is 10.7 Å². The molecule has 0 radical (unpaired) electrons. The molecule has 4 aromatic rings. The van der Waals surface area contributed by atoms with Crippen LogP contribution in [0, 0.1) is 0 Å². The number of nitrogens with one attached hydrogen (secondary N) is 2. The first kappa shape index (κ1) is 30.0. The van der Waals surface area contributed by atoms with Crippen molar-refractivity contribution in [2.75, 3.05) is 19.0 Å². The predicted octanol–water partition coefficient (Wildman–Crippen LogP) is 6.20. The number of halogens is 2. The van der Waals surface area contributed by atoms with Crippen LogP contribution in [0.4, 0.5) is 5.69 Å². The summed E-state index contributed by atoms with van der Waals surface area (Å²) in [5, 5.41) is 7.29. The number of benzene rings is 4. The standard InChI is InChI=1S/C32H26Cl2N4O4/c1-38(2)25-13-8-21(9-14-25)18-29(36-30(39)23-6-4-3-5-7-23)31(40)37-35-20-22-10-15-26(16-11-22)42-32(41)27-17-12-24(33)19-28(27)34/h3-20H,1-2H3,(H,36,39)(H,37,40)/b29-18-,35-20+. The van der Waals surface area contributed by atoms with Crippen LogP contribution in [0.3, 0.4) is 0 Å². The number of hydrogen-bond acceptors (Lipinski definition) is 6. The maximum atomic E-state index is 13.0. The van der Waals surface area contributed by atoms with Crippen molar-refractivity contribution in [3.63, 3.8) is 0 Å². The van der Waals surface area contributed by atoms with Crippen LogP contribution in [0.1, 0.15) is 31.8 Å². The van der Waals surface area contributed by atoms with E-state index in [4.69, 9.17) is 27.9 Å². The molecular weight excluding hydrogens is 575 g/mol. The largest absolute Gasteiger partial charge is 0.423 e. The fourth-order valence-corrected chi connectivity index (χ4v) is 4.13. The van der Waals surface area contributed by atoms with Crippen molar-refractivity contribution in [3.05, 3.63) is 135 Å². The number of ether oxygens (including phenoxy) is 1. The van der Waals surface area contributed by atoms with Crippen LogP contribution in [-0.4, -0.2) is 38.1 Å². The monoisotopic (exact) mass is 600 g/mol. The van der Waals surface area contributed by atoms with Crippen molar-refractivity contribution < 1.29 is 19.1 Å². The summed E-state index contributed by atoms with van der Waals surface area (Å²) in [6.45, 7) is 0. The van der Waals surface area contributed by atoms with Gasteiger partial charge < -0.3 is 15.0 Å². The van der Waals surface area contributed by atoms with E-state index in [0.29, 0.717) is 27.5 Å². The third-order valence-corrected chi connectivity index (χ3v) is 6.42. The molecule has 0 aliphatic heterocycles. The van der Waals surface area contributed by atoms with Crippen LogP contribution in [-0.2, 0) is 4.79 Å². The Balaban J connectivity index is 1.44. The summed E-state index contributed by atoms with van der Waals surface area (Å²) < 4.78 is 5.37. The maximum Gasteiger partial charge on any atom is 0.345 e. The molecule has 212 valence electrons. The van der Waals surface area contributed by atoms with Gasteiger partial charge in [-0.2, -0.15) is 5.10 Å². The number of carbonyl (C=O) groups is 3. The lowest BCUT2D eigenvalue weighted by Gasteiger charge is -2.12. The molecular formula is C32H26Cl2N4O4. The molecule has 42 heavy (non-hydrogen) atoms. The zero-order chi connectivity index (χ0) is 30.1. The van der Waals surface area contributed by atoms with Gasteiger partial charge in [-0.3, -0.25) is 9.59 Å². The van der Waals surface area contributed by atoms with Crippen LogP contribution in [0.15, 0.2) is 108 Å². The van der Waals surface area contributed by atoms with Crippen molar-refractivity contribution in [3.8, 4) is 5.75 Å². The average molecular weight is 601 g/mol. The maximum absolute atomic E-state index is 13.0. The highest BCUT2D eigenvalue weighted by Crippen LogP contribution is 2.23. The summed E-state index contributed by atoms with van der Waals surface area (Å²) >= 11 is 12.0. The Bertz CT molecular complexity index is 1640. The molecule has 10 heteroatoms. The minimum atomic E-state index is -0.626. The van der Waals surface area contributed by atoms with E-state index < -0.39 is 17.8 Å². The Kier molecular flexibility index (Phi) is 10.1. The van der Waals surface area contributed by atoms with E-state index in [1.54, 1.807) is 66.7 Å². The third kappa shape index (κ3) is 8.30. The smallest absolute Gasteiger partial charge is 0.345 e. The number of hydrazone groups is 1. The molecule has 0 fully saturated rings. The summed E-state index contributed by atoms with van der Waals surface area (Å²) in [7, 11) is 3.86.